The minimum absolute atomic E-state index is 0.110. The van der Waals surface area contributed by atoms with Crippen molar-refractivity contribution in [2.75, 3.05) is 31.3 Å². The minimum Gasteiger partial charge on any atom is -0.383 e. The molecule has 1 saturated carbocycles. The predicted molar refractivity (Wildman–Crippen MR) is 76.6 cm³/mol. The van der Waals surface area contributed by atoms with E-state index in [1.165, 1.54) is 24.2 Å². The van der Waals surface area contributed by atoms with Crippen LogP contribution in [0.4, 0.5) is 10.9 Å². The molecular formula is C12H20N4O2S. The third-order valence-corrected chi connectivity index (χ3v) is 4.16. The Bertz CT molecular complexity index is 429. The second-order valence-corrected chi connectivity index (χ2v) is 5.61. The zero-order valence-corrected chi connectivity index (χ0v) is 11.9. The number of hydrogen-bond acceptors (Lipinski definition) is 6. The fourth-order valence-electron chi connectivity index (χ4n) is 2.15. The second-order valence-electron chi connectivity index (χ2n) is 4.61. The van der Waals surface area contributed by atoms with E-state index in [1.807, 2.05) is 0 Å². The van der Waals surface area contributed by atoms with Crippen LogP contribution >= 0.6 is 11.3 Å². The van der Waals surface area contributed by atoms with Crippen LogP contribution in [0.3, 0.4) is 0 Å². The molecule has 0 radical (unpaired) electrons. The Labute approximate surface area is 116 Å². The standard InChI is InChI=1S/C12H20N4O2S/c1-18-7-6-14-12-16-10(13)9(19-12)11(17)15-8-4-2-3-5-8/h8H,2-7,13H2,1H3,(H,14,16)(H,15,17). The number of carbonyl (C=O) groups is 1. The SMILES string of the molecule is COCCNc1nc(N)c(C(=O)NC2CCCC2)s1. The van der Waals surface area contributed by atoms with E-state index >= 15 is 0 Å². The fourth-order valence-corrected chi connectivity index (χ4v) is 2.96. The Morgan fingerprint density at radius 3 is 2.95 bits per heavy atom. The smallest absolute Gasteiger partial charge is 0.265 e. The van der Waals surface area contributed by atoms with Crippen LogP contribution in [0.5, 0.6) is 0 Å². The molecule has 0 atom stereocenters. The number of aromatic nitrogens is 1. The lowest BCUT2D eigenvalue weighted by Crippen LogP contribution is -2.32. The van der Waals surface area contributed by atoms with Gasteiger partial charge < -0.3 is 21.1 Å². The molecule has 1 aromatic rings. The van der Waals surface area contributed by atoms with Gasteiger partial charge in [0, 0.05) is 19.7 Å². The van der Waals surface area contributed by atoms with Crippen LogP contribution in [0.25, 0.3) is 0 Å². The number of methoxy groups -OCH3 is 1. The maximum absolute atomic E-state index is 12.1. The summed E-state index contributed by atoms with van der Waals surface area (Å²) in [6, 6.07) is 0.291. The first-order valence-corrected chi connectivity index (χ1v) is 7.32. The average Bonchev–Trinajstić information content (AvgIpc) is 2.99. The quantitative estimate of drug-likeness (QED) is 0.688. The first-order valence-electron chi connectivity index (χ1n) is 6.50. The lowest BCUT2D eigenvalue weighted by molar-refractivity contribution is 0.0942. The molecule has 106 valence electrons. The van der Waals surface area contributed by atoms with Gasteiger partial charge in [0.15, 0.2) is 5.13 Å². The fraction of sp³-hybridized carbons (Fsp3) is 0.667. The van der Waals surface area contributed by atoms with Crippen molar-refractivity contribution in [1.82, 2.24) is 10.3 Å². The van der Waals surface area contributed by atoms with E-state index in [1.54, 1.807) is 7.11 Å². The van der Waals surface area contributed by atoms with Crippen LogP contribution in [-0.4, -0.2) is 37.2 Å². The summed E-state index contributed by atoms with van der Waals surface area (Å²) in [7, 11) is 1.64. The van der Waals surface area contributed by atoms with Crippen LogP contribution in [0.15, 0.2) is 0 Å². The van der Waals surface area contributed by atoms with E-state index in [0.717, 1.165) is 12.8 Å². The average molecular weight is 284 g/mol. The summed E-state index contributed by atoms with van der Waals surface area (Å²) in [5.74, 6) is 0.183. The van der Waals surface area contributed by atoms with Crippen molar-refractivity contribution in [3.05, 3.63) is 4.88 Å². The molecule has 7 heteroatoms. The Balaban J connectivity index is 1.92. The number of nitrogens with two attached hydrogens (primary N) is 1. The summed E-state index contributed by atoms with van der Waals surface area (Å²) in [5, 5.41) is 6.75. The Morgan fingerprint density at radius 2 is 2.26 bits per heavy atom. The molecule has 1 aliphatic carbocycles. The molecule has 4 N–H and O–H groups in total. The zero-order valence-electron chi connectivity index (χ0n) is 11.1. The van der Waals surface area contributed by atoms with E-state index in [4.69, 9.17) is 10.5 Å². The van der Waals surface area contributed by atoms with Gasteiger partial charge in [-0.3, -0.25) is 4.79 Å². The molecular weight excluding hydrogens is 264 g/mol. The Kier molecular flexibility index (Phi) is 4.98. The molecule has 0 aliphatic heterocycles. The summed E-state index contributed by atoms with van der Waals surface area (Å²) >= 11 is 1.29. The highest BCUT2D eigenvalue weighted by Gasteiger charge is 2.21. The molecule has 0 bridgehead atoms. The van der Waals surface area contributed by atoms with E-state index in [-0.39, 0.29) is 5.91 Å². The Hall–Kier alpha value is -1.34. The van der Waals surface area contributed by atoms with Gasteiger partial charge >= 0.3 is 0 Å². The van der Waals surface area contributed by atoms with Crippen molar-refractivity contribution in [2.45, 2.75) is 31.7 Å². The first kappa shape index (κ1) is 14.1. The highest BCUT2D eigenvalue weighted by molar-refractivity contribution is 7.18. The molecule has 1 heterocycles. The molecule has 1 fully saturated rings. The number of nitrogen functional groups attached to an aromatic ring is 1. The molecule has 19 heavy (non-hydrogen) atoms. The zero-order chi connectivity index (χ0) is 13.7. The molecule has 1 aromatic heterocycles. The van der Waals surface area contributed by atoms with E-state index in [9.17, 15) is 4.79 Å². The van der Waals surface area contributed by atoms with Gasteiger partial charge in [-0.05, 0) is 12.8 Å². The van der Waals surface area contributed by atoms with E-state index < -0.39 is 0 Å². The van der Waals surface area contributed by atoms with Crippen LogP contribution in [-0.2, 0) is 4.74 Å². The lowest BCUT2D eigenvalue weighted by Gasteiger charge is -2.10. The number of amides is 1. The summed E-state index contributed by atoms with van der Waals surface area (Å²) in [6.45, 7) is 1.23. The molecule has 0 aromatic carbocycles. The summed E-state index contributed by atoms with van der Waals surface area (Å²) in [4.78, 5) is 16.7. The van der Waals surface area contributed by atoms with Gasteiger partial charge in [-0.25, -0.2) is 4.98 Å². The van der Waals surface area contributed by atoms with Gasteiger partial charge in [0.05, 0.1) is 6.61 Å². The molecule has 0 saturated heterocycles. The normalized spacial score (nSPS) is 15.6. The number of nitrogens with one attached hydrogen (secondary N) is 2. The first-order chi connectivity index (χ1) is 9.20. The predicted octanol–water partition coefficient (Wildman–Crippen LogP) is 1.46. The largest absolute Gasteiger partial charge is 0.383 e. The molecule has 1 amide bonds. The maximum Gasteiger partial charge on any atom is 0.265 e. The second kappa shape index (κ2) is 6.72. The van der Waals surface area contributed by atoms with Crippen LogP contribution in [0.2, 0.25) is 0 Å². The van der Waals surface area contributed by atoms with Crippen LogP contribution < -0.4 is 16.4 Å². The number of nitrogens with zero attached hydrogens (tertiary/aromatic N) is 1. The third kappa shape index (κ3) is 3.81. The van der Waals surface area contributed by atoms with E-state index in [2.05, 4.69) is 15.6 Å². The lowest BCUT2D eigenvalue weighted by atomic mass is 10.2. The van der Waals surface area contributed by atoms with Crippen LogP contribution in [0, 0.1) is 0 Å². The summed E-state index contributed by atoms with van der Waals surface area (Å²) < 4.78 is 4.94. The molecule has 6 nitrogen and oxygen atoms in total. The number of carbonyl (C=O) groups excluding carboxylic acids is 1. The van der Waals surface area contributed by atoms with Gasteiger partial charge in [-0.1, -0.05) is 24.2 Å². The van der Waals surface area contributed by atoms with Gasteiger partial charge in [0.25, 0.3) is 5.91 Å². The third-order valence-electron chi connectivity index (χ3n) is 3.13. The highest BCUT2D eigenvalue weighted by atomic mass is 32.1. The molecule has 1 aliphatic rings. The maximum atomic E-state index is 12.1. The van der Waals surface area contributed by atoms with Gasteiger partial charge in [0.2, 0.25) is 0 Å². The molecule has 2 rings (SSSR count). The van der Waals surface area contributed by atoms with E-state index in [0.29, 0.717) is 35.0 Å². The van der Waals surface area contributed by atoms with Crippen molar-refractivity contribution in [3.63, 3.8) is 0 Å². The summed E-state index contributed by atoms with van der Waals surface area (Å²) in [5.41, 5.74) is 5.79. The molecule has 0 spiro atoms. The van der Waals surface area contributed by atoms with Gasteiger partial charge in [-0.2, -0.15) is 0 Å². The van der Waals surface area contributed by atoms with Gasteiger partial charge in [-0.15, -0.1) is 0 Å². The molecule has 0 unspecified atom stereocenters. The van der Waals surface area contributed by atoms with Crippen molar-refractivity contribution in [3.8, 4) is 0 Å². The number of thiazole rings is 1. The van der Waals surface area contributed by atoms with Crippen molar-refractivity contribution < 1.29 is 9.53 Å². The number of hydrogen-bond donors (Lipinski definition) is 3. The summed E-state index contributed by atoms with van der Waals surface area (Å²) in [6.07, 6.45) is 4.49. The number of anilines is 2. The minimum atomic E-state index is -0.110. The van der Waals surface area contributed by atoms with Gasteiger partial charge in [0.1, 0.15) is 10.7 Å². The number of rotatable bonds is 6. The van der Waals surface area contributed by atoms with Crippen molar-refractivity contribution in [2.24, 2.45) is 0 Å². The van der Waals surface area contributed by atoms with Crippen molar-refractivity contribution in [1.29, 1.82) is 0 Å². The monoisotopic (exact) mass is 284 g/mol. The number of ether oxygens (including phenoxy) is 1. The topological polar surface area (TPSA) is 89.3 Å². The Morgan fingerprint density at radius 1 is 1.53 bits per heavy atom. The van der Waals surface area contributed by atoms with Crippen LogP contribution in [0.1, 0.15) is 35.4 Å². The van der Waals surface area contributed by atoms with Crippen molar-refractivity contribution >= 4 is 28.2 Å². The highest BCUT2D eigenvalue weighted by Crippen LogP contribution is 2.26.